The summed E-state index contributed by atoms with van der Waals surface area (Å²) < 4.78 is 13.8. The van der Waals surface area contributed by atoms with E-state index in [1.165, 1.54) is 12.1 Å². The van der Waals surface area contributed by atoms with Gasteiger partial charge >= 0.3 is 0 Å². The number of likely N-dealkylation sites (tertiary alicyclic amines) is 1. The van der Waals surface area contributed by atoms with Crippen molar-refractivity contribution in [1.82, 2.24) is 4.90 Å². The van der Waals surface area contributed by atoms with E-state index >= 15 is 0 Å². The van der Waals surface area contributed by atoms with Crippen LogP contribution in [0.4, 0.5) is 10.1 Å². The molecular weight excluding hydrogens is 391 g/mol. The molecule has 3 atom stereocenters. The lowest BCUT2D eigenvalue weighted by Gasteiger charge is -2.44. The Kier molecular flexibility index (Phi) is 4.98. The first-order valence-corrected chi connectivity index (χ1v) is 10.7. The van der Waals surface area contributed by atoms with Gasteiger partial charge in [-0.25, -0.2) is 4.39 Å². The fourth-order valence-electron chi connectivity index (χ4n) is 5.28. The van der Waals surface area contributed by atoms with Gasteiger partial charge in [-0.1, -0.05) is 42.5 Å². The second-order valence-electron chi connectivity index (χ2n) is 8.41. The third kappa shape index (κ3) is 3.29. The predicted octanol–water partition coefficient (Wildman–Crippen LogP) is 4.51. The monoisotopic (exact) mass is 416 g/mol. The third-order valence-electron chi connectivity index (χ3n) is 6.79. The van der Waals surface area contributed by atoms with Crippen LogP contribution in [-0.2, 0) is 0 Å². The van der Waals surface area contributed by atoms with Crippen molar-refractivity contribution in [2.24, 2.45) is 5.92 Å². The van der Waals surface area contributed by atoms with Crippen LogP contribution in [0.5, 0.6) is 0 Å². The van der Waals surface area contributed by atoms with E-state index in [2.05, 4.69) is 35.2 Å². The number of rotatable bonds is 3. The van der Waals surface area contributed by atoms with Crippen molar-refractivity contribution in [2.45, 2.75) is 18.5 Å². The highest BCUT2D eigenvalue weighted by molar-refractivity contribution is 5.95. The van der Waals surface area contributed by atoms with Crippen LogP contribution in [0, 0.1) is 11.7 Å². The summed E-state index contributed by atoms with van der Waals surface area (Å²) in [5.41, 5.74) is 4.69. The Bertz CT molecular complexity index is 1120. The summed E-state index contributed by atoms with van der Waals surface area (Å²) in [5.74, 6) is -0.458. The molecule has 1 N–H and O–H groups in total. The second-order valence-corrected chi connectivity index (χ2v) is 8.41. The first-order valence-electron chi connectivity index (χ1n) is 10.7. The topological polar surface area (TPSA) is 43.8 Å². The quantitative estimate of drug-likeness (QED) is 0.683. The Morgan fingerprint density at radius 2 is 1.84 bits per heavy atom. The number of aliphatic hydroxyl groups excluding tert-OH is 1. The highest BCUT2D eigenvalue weighted by Crippen LogP contribution is 2.49. The number of hydrogen-bond donors (Lipinski definition) is 1. The lowest BCUT2D eigenvalue weighted by atomic mass is 9.81. The number of anilines is 1. The van der Waals surface area contributed by atoms with Gasteiger partial charge in [0.1, 0.15) is 5.82 Å². The summed E-state index contributed by atoms with van der Waals surface area (Å²) in [6.07, 6.45) is 0.802. The van der Waals surface area contributed by atoms with Crippen LogP contribution in [0.15, 0.2) is 72.8 Å². The predicted molar refractivity (Wildman–Crippen MR) is 119 cm³/mol. The maximum absolute atomic E-state index is 13.8. The van der Waals surface area contributed by atoms with Gasteiger partial charge in [0.2, 0.25) is 0 Å². The second kappa shape index (κ2) is 7.82. The van der Waals surface area contributed by atoms with Gasteiger partial charge in [-0.2, -0.15) is 0 Å². The zero-order chi connectivity index (χ0) is 21.5. The van der Waals surface area contributed by atoms with E-state index < -0.39 is 5.82 Å². The summed E-state index contributed by atoms with van der Waals surface area (Å²) in [5, 5.41) is 10.2. The molecule has 4 nitrogen and oxygen atoms in total. The Morgan fingerprint density at radius 1 is 1.03 bits per heavy atom. The van der Waals surface area contributed by atoms with E-state index in [4.69, 9.17) is 0 Å². The Morgan fingerprint density at radius 3 is 2.58 bits per heavy atom. The average molecular weight is 416 g/mol. The molecule has 3 aromatic carbocycles. The van der Waals surface area contributed by atoms with Crippen LogP contribution in [0.2, 0.25) is 0 Å². The zero-order valence-corrected chi connectivity index (χ0v) is 17.4. The average Bonchev–Trinajstić information content (AvgIpc) is 3.24. The number of aliphatic hydroxyl groups is 1. The highest BCUT2D eigenvalue weighted by atomic mass is 19.1. The Balaban J connectivity index is 1.61. The molecule has 0 unspecified atom stereocenters. The van der Waals surface area contributed by atoms with E-state index in [1.54, 1.807) is 12.1 Å². The van der Waals surface area contributed by atoms with E-state index in [9.17, 15) is 14.3 Å². The van der Waals surface area contributed by atoms with E-state index in [1.807, 2.05) is 30.1 Å². The van der Waals surface area contributed by atoms with E-state index in [0.717, 1.165) is 28.8 Å². The van der Waals surface area contributed by atoms with Gasteiger partial charge in [-0.05, 0) is 53.4 Å². The number of nitrogens with zero attached hydrogens (tertiary/aromatic N) is 2. The summed E-state index contributed by atoms with van der Waals surface area (Å²) in [4.78, 5) is 17.4. The van der Waals surface area contributed by atoms with Crippen molar-refractivity contribution in [1.29, 1.82) is 0 Å². The van der Waals surface area contributed by atoms with Crippen molar-refractivity contribution >= 4 is 11.6 Å². The van der Waals surface area contributed by atoms with Crippen molar-refractivity contribution in [2.75, 3.05) is 25.1 Å². The van der Waals surface area contributed by atoms with E-state index in [-0.39, 0.29) is 30.5 Å². The fourth-order valence-corrected chi connectivity index (χ4v) is 5.28. The lowest BCUT2D eigenvalue weighted by Crippen LogP contribution is -2.48. The molecule has 5 heteroatoms. The van der Waals surface area contributed by atoms with Crippen LogP contribution in [0.1, 0.15) is 28.4 Å². The van der Waals surface area contributed by atoms with Gasteiger partial charge in [-0.3, -0.25) is 4.79 Å². The van der Waals surface area contributed by atoms with Gasteiger partial charge in [0, 0.05) is 30.8 Å². The number of carbonyl (C=O) groups is 1. The molecule has 1 amide bonds. The maximum Gasteiger partial charge on any atom is 0.254 e. The molecule has 1 saturated heterocycles. The molecular formula is C26H25FN2O2. The number of halogens is 1. The Labute approximate surface area is 181 Å². The highest BCUT2D eigenvalue weighted by Gasteiger charge is 2.47. The molecule has 0 aliphatic carbocycles. The van der Waals surface area contributed by atoms with Gasteiger partial charge in [0.15, 0.2) is 0 Å². The molecule has 0 radical (unpaired) electrons. The van der Waals surface area contributed by atoms with Crippen molar-refractivity contribution < 1.29 is 14.3 Å². The van der Waals surface area contributed by atoms with Crippen LogP contribution in [0.3, 0.4) is 0 Å². The van der Waals surface area contributed by atoms with Crippen LogP contribution in [0.25, 0.3) is 11.1 Å². The summed E-state index contributed by atoms with van der Waals surface area (Å²) >= 11 is 0. The number of hydrogen-bond acceptors (Lipinski definition) is 3. The molecule has 2 heterocycles. The molecule has 2 aliphatic heterocycles. The lowest BCUT2D eigenvalue weighted by molar-refractivity contribution is 0.0693. The first kappa shape index (κ1) is 19.8. The first-order chi connectivity index (χ1) is 15.1. The number of carbonyl (C=O) groups excluding carboxylic acids is 1. The molecule has 2 aliphatic rings. The van der Waals surface area contributed by atoms with Crippen molar-refractivity contribution in [3.05, 3.63) is 89.7 Å². The van der Waals surface area contributed by atoms with Gasteiger partial charge in [0.25, 0.3) is 5.91 Å². The number of likely N-dealkylation sites (N-methyl/N-ethyl adjacent to an activating group) is 1. The molecule has 3 aromatic rings. The van der Waals surface area contributed by atoms with Crippen molar-refractivity contribution in [3.63, 3.8) is 0 Å². The summed E-state index contributed by atoms with van der Waals surface area (Å²) in [6.45, 7) is 0.615. The molecule has 0 spiro atoms. The smallest absolute Gasteiger partial charge is 0.254 e. The standard InChI is InChI=1S/C26H25FN2O2/c1-28-23-11-10-18(17-6-3-2-4-7-17)15-22(23)25-21(24(28)16-30)12-13-29(25)26(31)19-8-5-9-20(27)14-19/h2-11,14-15,21,24-25,30H,12-13,16H2,1H3/t21-,24+,25-/m1/s1. The molecule has 1 fully saturated rings. The van der Waals surface area contributed by atoms with Crippen LogP contribution < -0.4 is 4.90 Å². The largest absolute Gasteiger partial charge is 0.394 e. The van der Waals surface area contributed by atoms with Gasteiger partial charge in [-0.15, -0.1) is 0 Å². The molecule has 5 rings (SSSR count). The van der Waals surface area contributed by atoms with Gasteiger partial charge in [0.05, 0.1) is 18.7 Å². The third-order valence-corrected chi connectivity index (χ3v) is 6.79. The van der Waals surface area contributed by atoms with E-state index in [0.29, 0.717) is 12.1 Å². The number of amides is 1. The molecule has 0 bridgehead atoms. The summed E-state index contributed by atoms with van der Waals surface area (Å²) in [7, 11) is 2.01. The Hall–Kier alpha value is -3.18. The number of benzene rings is 3. The minimum Gasteiger partial charge on any atom is -0.394 e. The minimum absolute atomic E-state index is 0.0273. The fraction of sp³-hybridized carbons (Fsp3) is 0.269. The number of fused-ring (bicyclic) bond motifs is 3. The normalized spacial score (nSPS) is 22.2. The van der Waals surface area contributed by atoms with Crippen LogP contribution >= 0.6 is 0 Å². The summed E-state index contributed by atoms with van der Waals surface area (Å²) in [6, 6.07) is 22.2. The zero-order valence-electron chi connectivity index (χ0n) is 17.4. The van der Waals surface area contributed by atoms with Crippen molar-refractivity contribution in [3.8, 4) is 11.1 Å². The minimum atomic E-state index is -0.412. The van der Waals surface area contributed by atoms with Crippen LogP contribution in [-0.4, -0.2) is 42.2 Å². The molecule has 0 aromatic heterocycles. The molecule has 158 valence electrons. The SMILES string of the molecule is CN1c2ccc(-c3ccccc3)cc2[C@H]2[C@H](CCN2C(=O)c2cccc(F)c2)[C@@H]1CO. The molecule has 31 heavy (non-hydrogen) atoms. The van der Waals surface area contributed by atoms with Gasteiger partial charge < -0.3 is 14.9 Å². The maximum atomic E-state index is 13.8. The molecule has 0 saturated carbocycles.